The Labute approximate surface area is 172 Å². The van der Waals surface area contributed by atoms with E-state index in [1.54, 1.807) is 0 Å². The first kappa shape index (κ1) is 22.5. The number of terminal acetylenes is 1. The van der Waals surface area contributed by atoms with Gasteiger partial charge in [-0.3, -0.25) is 0 Å². The van der Waals surface area contributed by atoms with Crippen molar-refractivity contribution in [2.24, 2.45) is 0 Å². The summed E-state index contributed by atoms with van der Waals surface area (Å²) in [6.45, 7) is 14.3. The van der Waals surface area contributed by atoms with Crippen molar-refractivity contribution in [3.8, 4) is 18.1 Å². The minimum Gasteiger partial charge on any atom is -0.493 e. The largest absolute Gasteiger partial charge is 0.493 e. The second-order valence-electron chi connectivity index (χ2n) is 9.07. The van der Waals surface area contributed by atoms with Crippen molar-refractivity contribution < 1.29 is 9.16 Å². The van der Waals surface area contributed by atoms with Crippen LogP contribution >= 0.6 is 0 Å². The Morgan fingerprint density at radius 1 is 1.07 bits per heavy atom. The van der Waals surface area contributed by atoms with Crippen LogP contribution in [0.15, 0.2) is 36.4 Å². The van der Waals surface area contributed by atoms with Gasteiger partial charge in [0.25, 0.3) is 0 Å². The molecule has 0 amide bonds. The number of ether oxygens (including phenoxy) is 1. The highest BCUT2D eigenvalue weighted by Crippen LogP contribution is 2.42. The second kappa shape index (κ2) is 9.63. The molecule has 3 heteroatoms. The first-order valence-corrected chi connectivity index (χ1v) is 13.4. The molecule has 28 heavy (non-hydrogen) atoms. The average Bonchev–Trinajstić information content (AvgIpc) is 2.63. The molecule has 0 bridgehead atoms. The minimum absolute atomic E-state index is 0.124. The number of hydrogen-bond acceptors (Lipinski definition) is 2. The SMILES string of the molecule is C#CCC(O[Si](C)(C)C(C)(C)C)c1cc2ccccc2cc1OCCCCC. The number of fused-ring (bicyclic) bond motifs is 1. The molecule has 2 rings (SSSR count). The summed E-state index contributed by atoms with van der Waals surface area (Å²) in [5.41, 5.74) is 1.08. The van der Waals surface area contributed by atoms with Crippen molar-refractivity contribution in [2.75, 3.05) is 6.61 Å². The average molecular weight is 397 g/mol. The summed E-state index contributed by atoms with van der Waals surface area (Å²) in [5.74, 6) is 3.74. The predicted octanol–water partition coefficient (Wildman–Crippen LogP) is 7.50. The third kappa shape index (κ3) is 5.62. The standard InChI is InChI=1S/C25H36O2Si/c1-8-10-13-17-26-24-19-21-16-12-11-15-20(21)18-22(24)23(14-9-2)27-28(6,7)25(3,4)5/h2,11-12,15-16,18-19,23H,8,10,13-14,17H2,1,3-7H3. The molecule has 0 spiro atoms. The molecule has 0 heterocycles. The van der Waals surface area contributed by atoms with E-state index in [0.717, 1.165) is 24.3 Å². The van der Waals surface area contributed by atoms with E-state index in [1.807, 2.05) is 0 Å². The summed E-state index contributed by atoms with van der Waals surface area (Å²) in [6.07, 6.45) is 9.57. The van der Waals surface area contributed by atoms with Gasteiger partial charge in [-0.15, -0.1) is 12.3 Å². The molecule has 0 aliphatic rings. The van der Waals surface area contributed by atoms with Gasteiger partial charge in [0.2, 0.25) is 0 Å². The first-order chi connectivity index (χ1) is 13.2. The van der Waals surface area contributed by atoms with Crippen LogP contribution in [0.4, 0.5) is 0 Å². The number of unbranched alkanes of at least 4 members (excludes halogenated alkanes) is 2. The zero-order valence-corrected chi connectivity index (χ0v) is 19.5. The molecule has 0 N–H and O–H groups in total. The van der Waals surface area contributed by atoms with Gasteiger partial charge < -0.3 is 9.16 Å². The molecule has 0 aliphatic heterocycles. The highest BCUT2D eigenvalue weighted by Gasteiger charge is 2.39. The summed E-state index contributed by atoms with van der Waals surface area (Å²) in [7, 11) is -1.97. The van der Waals surface area contributed by atoms with Crippen molar-refractivity contribution in [1.82, 2.24) is 0 Å². The molecule has 1 atom stereocenters. The molecule has 2 aromatic rings. The molecule has 152 valence electrons. The van der Waals surface area contributed by atoms with Gasteiger partial charge in [0.05, 0.1) is 12.7 Å². The van der Waals surface area contributed by atoms with Crippen LogP contribution in [-0.4, -0.2) is 14.9 Å². The van der Waals surface area contributed by atoms with Crippen LogP contribution in [0.3, 0.4) is 0 Å². The van der Waals surface area contributed by atoms with Gasteiger partial charge >= 0.3 is 0 Å². The zero-order valence-electron chi connectivity index (χ0n) is 18.5. The van der Waals surface area contributed by atoms with Gasteiger partial charge in [-0.2, -0.15) is 0 Å². The molecule has 0 saturated carbocycles. The maximum absolute atomic E-state index is 6.76. The van der Waals surface area contributed by atoms with E-state index in [2.05, 4.69) is 83.1 Å². The fraction of sp³-hybridized carbons (Fsp3) is 0.520. The Hall–Kier alpha value is -1.76. The van der Waals surface area contributed by atoms with Crippen LogP contribution in [0.1, 0.15) is 65.0 Å². The fourth-order valence-corrected chi connectivity index (χ4v) is 4.28. The Morgan fingerprint density at radius 3 is 2.29 bits per heavy atom. The lowest BCUT2D eigenvalue weighted by molar-refractivity contribution is 0.182. The van der Waals surface area contributed by atoms with Gasteiger partial charge in [0.15, 0.2) is 8.32 Å². The molecule has 2 aromatic carbocycles. The predicted molar refractivity (Wildman–Crippen MR) is 123 cm³/mol. The van der Waals surface area contributed by atoms with E-state index < -0.39 is 8.32 Å². The Balaban J connectivity index is 2.44. The van der Waals surface area contributed by atoms with Crippen molar-refractivity contribution in [1.29, 1.82) is 0 Å². The Morgan fingerprint density at radius 2 is 1.71 bits per heavy atom. The molecular weight excluding hydrogens is 360 g/mol. The zero-order chi connectivity index (χ0) is 20.8. The lowest BCUT2D eigenvalue weighted by Gasteiger charge is -2.39. The summed E-state index contributed by atoms with van der Waals surface area (Å²) in [4.78, 5) is 0. The van der Waals surface area contributed by atoms with Crippen LogP contribution in [0.5, 0.6) is 5.75 Å². The molecule has 0 radical (unpaired) electrons. The normalized spacial score (nSPS) is 13.3. The molecule has 0 saturated heterocycles. The molecule has 2 nitrogen and oxygen atoms in total. The van der Waals surface area contributed by atoms with Crippen LogP contribution in [0.25, 0.3) is 10.8 Å². The maximum Gasteiger partial charge on any atom is 0.192 e. The third-order valence-corrected chi connectivity index (χ3v) is 10.3. The van der Waals surface area contributed by atoms with Crippen LogP contribution < -0.4 is 4.74 Å². The van der Waals surface area contributed by atoms with Crippen molar-refractivity contribution in [2.45, 2.75) is 77.6 Å². The monoisotopic (exact) mass is 396 g/mol. The third-order valence-electron chi connectivity index (χ3n) is 5.78. The summed E-state index contributed by atoms with van der Waals surface area (Å²) in [5, 5.41) is 2.50. The summed E-state index contributed by atoms with van der Waals surface area (Å²) in [6, 6.07) is 12.8. The van der Waals surface area contributed by atoms with Crippen LogP contribution in [0.2, 0.25) is 18.1 Å². The lowest BCUT2D eigenvalue weighted by atomic mass is 10.0. The van der Waals surface area contributed by atoms with Crippen LogP contribution in [-0.2, 0) is 4.43 Å². The Kier molecular flexibility index (Phi) is 7.75. The minimum atomic E-state index is -1.97. The number of benzene rings is 2. The van der Waals surface area contributed by atoms with Gasteiger partial charge in [-0.1, -0.05) is 64.8 Å². The smallest absolute Gasteiger partial charge is 0.192 e. The van der Waals surface area contributed by atoms with E-state index in [0.29, 0.717) is 6.42 Å². The van der Waals surface area contributed by atoms with Crippen molar-refractivity contribution in [3.05, 3.63) is 42.0 Å². The topological polar surface area (TPSA) is 18.5 Å². The molecular formula is C25H36O2Si. The first-order valence-electron chi connectivity index (χ1n) is 10.5. The maximum atomic E-state index is 6.76. The summed E-state index contributed by atoms with van der Waals surface area (Å²) < 4.78 is 13.0. The van der Waals surface area contributed by atoms with Crippen molar-refractivity contribution in [3.63, 3.8) is 0 Å². The van der Waals surface area contributed by atoms with E-state index >= 15 is 0 Å². The van der Waals surface area contributed by atoms with Crippen LogP contribution in [0, 0.1) is 12.3 Å². The highest BCUT2D eigenvalue weighted by molar-refractivity contribution is 6.74. The van der Waals surface area contributed by atoms with E-state index in [9.17, 15) is 0 Å². The van der Waals surface area contributed by atoms with Gasteiger partial charge in [-0.05, 0) is 47.5 Å². The van der Waals surface area contributed by atoms with Gasteiger partial charge in [0, 0.05) is 12.0 Å². The Bertz CT molecular complexity index is 811. The van der Waals surface area contributed by atoms with Gasteiger partial charge in [-0.25, -0.2) is 0 Å². The summed E-state index contributed by atoms with van der Waals surface area (Å²) >= 11 is 0. The second-order valence-corrected chi connectivity index (χ2v) is 13.8. The lowest BCUT2D eigenvalue weighted by Crippen LogP contribution is -2.41. The highest BCUT2D eigenvalue weighted by atomic mass is 28.4. The molecule has 0 aliphatic carbocycles. The molecule has 1 unspecified atom stereocenters. The van der Waals surface area contributed by atoms with E-state index in [1.165, 1.54) is 23.6 Å². The van der Waals surface area contributed by atoms with E-state index in [-0.39, 0.29) is 11.1 Å². The van der Waals surface area contributed by atoms with E-state index in [4.69, 9.17) is 15.6 Å². The number of hydrogen-bond donors (Lipinski definition) is 0. The quantitative estimate of drug-likeness (QED) is 0.248. The molecule has 0 fully saturated rings. The number of rotatable bonds is 9. The molecule has 0 aromatic heterocycles. The van der Waals surface area contributed by atoms with Crippen molar-refractivity contribution >= 4 is 19.1 Å². The van der Waals surface area contributed by atoms with Gasteiger partial charge in [0.1, 0.15) is 5.75 Å². The fourth-order valence-electron chi connectivity index (χ4n) is 3.00.